The first-order valence-electron chi connectivity index (χ1n) is 5.24. The van der Waals surface area contributed by atoms with Gasteiger partial charge in [-0.05, 0) is 24.1 Å². The highest BCUT2D eigenvalue weighted by Gasteiger charge is 2.45. The normalized spacial score (nSPS) is 21.6. The third-order valence-corrected chi connectivity index (χ3v) is 3.45. The first-order valence-corrected chi connectivity index (χ1v) is 5.24. The van der Waals surface area contributed by atoms with Gasteiger partial charge in [-0.25, -0.2) is 0 Å². The van der Waals surface area contributed by atoms with Gasteiger partial charge in [0.25, 0.3) is 0 Å². The molecule has 1 aromatic rings. The highest BCUT2D eigenvalue weighted by Crippen LogP contribution is 2.40. The van der Waals surface area contributed by atoms with Crippen molar-refractivity contribution in [3.8, 4) is 0 Å². The van der Waals surface area contributed by atoms with Gasteiger partial charge in [-0.3, -0.25) is 0 Å². The van der Waals surface area contributed by atoms with Crippen molar-refractivity contribution in [1.29, 1.82) is 0 Å². The van der Waals surface area contributed by atoms with Crippen LogP contribution in [0.25, 0.3) is 0 Å². The predicted octanol–water partition coefficient (Wildman–Crippen LogP) is 1.27. The Balaban J connectivity index is 2.25. The summed E-state index contributed by atoms with van der Waals surface area (Å²) in [5.41, 5.74) is 7.35. The van der Waals surface area contributed by atoms with E-state index in [4.69, 9.17) is 10.5 Å². The van der Waals surface area contributed by atoms with Crippen LogP contribution in [0.2, 0.25) is 0 Å². The number of aromatic amines is 1. The SMILES string of the molecule is CCC(CN)C1(c2cc[nH]c2)COC1. The number of H-pyrrole nitrogens is 1. The highest BCUT2D eigenvalue weighted by molar-refractivity contribution is 5.26. The van der Waals surface area contributed by atoms with Crippen molar-refractivity contribution in [2.24, 2.45) is 11.7 Å². The van der Waals surface area contributed by atoms with Crippen molar-refractivity contribution >= 4 is 0 Å². The Morgan fingerprint density at radius 1 is 1.64 bits per heavy atom. The van der Waals surface area contributed by atoms with Crippen LogP contribution in [0, 0.1) is 5.92 Å². The number of nitrogens with two attached hydrogens (primary N) is 1. The summed E-state index contributed by atoms with van der Waals surface area (Å²) in [5.74, 6) is 0.534. The van der Waals surface area contributed by atoms with Gasteiger partial charge in [-0.2, -0.15) is 0 Å². The Morgan fingerprint density at radius 3 is 2.79 bits per heavy atom. The Labute approximate surface area is 84.6 Å². The summed E-state index contributed by atoms with van der Waals surface area (Å²) in [4.78, 5) is 3.11. The van der Waals surface area contributed by atoms with Gasteiger partial charge >= 0.3 is 0 Å². The van der Waals surface area contributed by atoms with Crippen molar-refractivity contribution in [3.63, 3.8) is 0 Å². The van der Waals surface area contributed by atoms with E-state index in [1.165, 1.54) is 5.56 Å². The molecule has 0 bridgehead atoms. The van der Waals surface area contributed by atoms with E-state index >= 15 is 0 Å². The molecule has 1 fully saturated rings. The monoisotopic (exact) mass is 194 g/mol. The first-order chi connectivity index (χ1) is 6.83. The average molecular weight is 194 g/mol. The second-order valence-corrected chi connectivity index (χ2v) is 4.09. The van der Waals surface area contributed by atoms with E-state index in [2.05, 4.69) is 24.2 Å². The molecule has 1 atom stereocenters. The Hall–Kier alpha value is -0.800. The largest absolute Gasteiger partial charge is 0.379 e. The van der Waals surface area contributed by atoms with Gasteiger partial charge in [0.2, 0.25) is 0 Å². The van der Waals surface area contributed by atoms with Crippen LogP contribution in [0.15, 0.2) is 18.5 Å². The average Bonchev–Trinajstić information content (AvgIpc) is 2.63. The molecule has 2 rings (SSSR count). The number of nitrogens with one attached hydrogen (secondary N) is 1. The van der Waals surface area contributed by atoms with E-state index in [1.807, 2.05) is 6.20 Å². The van der Waals surface area contributed by atoms with Crippen LogP contribution >= 0.6 is 0 Å². The Bertz CT molecular complexity index is 273. The summed E-state index contributed by atoms with van der Waals surface area (Å²) in [6, 6.07) is 2.14. The lowest BCUT2D eigenvalue weighted by Crippen LogP contribution is -2.54. The lowest BCUT2D eigenvalue weighted by molar-refractivity contribution is -0.0897. The smallest absolute Gasteiger partial charge is 0.0589 e. The Morgan fingerprint density at radius 2 is 2.43 bits per heavy atom. The molecule has 3 N–H and O–H groups in total. The quantitative estimate of drug-likeness (QED) is 0.758. The van der Waals surface area contributed by atoms with Gasteiger partial charge in [0.1, 0.15) is 0 Å². The van der Waals surface area contributed by atoms with Crippen molar-refractivity contribution < 1.29 is 4.74 Å². The van der Waals surface area contributed by atoms with Crippen molar-refractivity contribution in [3.05, 3.63) is 24.0 Å². The zero-order valence-electron chi connectivity index (χ0n) is 8.62. The van der Waals surface area contributed by atoms with E-state index < -0.39 is 0 Å². The maximum atomic E-state index is 5.82. The van der Waals surface area contributed by atoms with Crippen LogP contribution in [0.3, 0.4) is 0 Å². The van der Waals surface area contributed by atoms with Crippen LogP contribution in [0.5, 0.6) is 0 Å². The highest BCUT2D eigenvalue weighted by atomic mass is 16.5. The number of aromatic nitrogens is 1. The summed E-state index contributed by atoms with van der Waals surface area (Å²) in [6.45, 7) is 4.58. The van der Waals surface area contributed by atoms with Gasteiger partial charge in [0, 0.05) is 17.8 Å². The molecule has 1 aromatic heterocycles. The standard InChI is InChI=1S/C11H18N2O/c1-2-9(5-12)11(7-14-8-11)10-3-4-13-6-10/h3-4,6,9,13H,2,5,7-8,12H2,1H3. The molecule has 1 aliphatic rings. The fourth-order valence-electron chi connectivity index (χ4n) is 2.38. The number of ether oxygens (including phenoxy) is 1. The molecule has 78 valence electrons. The van der Waals surface area contributed by atoms with E-state index in [1.54, 1.807) is 0 Å². The van der Waals surface area contributed by atoms with Crippen molar-refractivity contribution in [2.45, 2.75) is 18.8 Å². The summed E-state index contributed by atoms with van der Waals surface area (Å²) in [7, 11) is 0. The second-order valence-electron chi connectivity index (χ2n) is 4.09. The topological polar surface area (TPSA) is 51.0 Å². The molecule has 2 heterocycles. The fraction of sp³-hybridized carbons (Fsp3) is 0.636. The van der Waals surface area contributed by atoms with Crippen LogP contribution in [-0.4, -0.2) is 24.7 Å². The van der Waals surface area contributed by atoms with E-state index in [0.717, 1.165) is 26.2 Å². The van der Waals surface area contributed by atoms with Gasteiger partial charge in [0.05, 0.1) is 13.2 Å². The zero-order valence-corrected chi connectivity index (χ0v) is 8.62. The van der Waals surface area contributed by atoms with Crippen LogP contribution in [-0.2, 0) is 10.2 Å². The third-order valence-electron chi connectivity index (χ3n) is 3.45. The number of rotatable bonds is 4. The summed E-state index contributed by atoms with van der Waals surface area (Å²) in [6.07, 6.45) is 5.16. The lowest BCUT2D eigenvalue weighted by Gasteiger charge is -2.46. The minimum atomic E-state index is 0.184. The van der Waals surface area contributed by atoms with Gasteiger partial charge in [0.15, 0.2) is 0 Å². The van der Waals surface area contributed by atoms with Crippen LogP contribution < -0.4 is 5.73 Å². The summed E-state index contributed by atoms with van der Waals surface area (Å²) < 4.78 is 5.38. The summed E-state index contributed by atoms with van der Waals surface area (Å²) >= 11 is 0. The van der Waals surface area contributed by atoms with Gasteiger partial charge < -0.3 is 15.5 Å². The molecule has 0 spiro atoms. The molecule has 3 heteroatoms. The number of hydrogen-bond acceptors (Lipinski definition) is 2. The fourth-order valence-corrected chi connectivity index (χ4v) is 2.38. The Kier molecular flexibility index (Phi) is 2.61. The third kappa shape index (κ3) is 1.28. The molecule has 0 radical (unpaired) electrons. The molecule has 1 aliphatic heterocycles. The zero-order chi connectivity index (χ0) is 10.0. The minimum Gasteiger partial charge on any atom is -0.379 e. The molecule has 1 unspecified atom stereocenters. The van der Waals surface area contributed by atoms with Gasteiger partial charge in [-0.1, -0.05) is 13.3 Å². The molecule has 0 aliphatic carbocycles. The number of hydrogen-bond donors (Lipinski definition) is 2. The predicted molar refractivity (Wildman–Crippen MR) is 56.1 cm³/mol. The molecular weight excluding hydrogens is 176 g/mol. The van der Waals surface area contributed by atoms with Crippen molar-refractivity contribution in [2.75, 3.05) is 19.8 Å². The molecule has 0 aromatic carbocycles. The van der Waals surface area contributed by atoms with Crippen LogP contribution in [0.4, 0.5) is 0 Å². The maximum Gasteiger partial charge on any atom is 0.0589 e. The van der Waals surface area contributed by atoms with E-state index in [9.17, 15) is 0 Å². The molecule has 1 saturated heterocycles. The second kappa shape index (κ2) is 3.75. The molecule has 0 saturated carbocycles. The maximum absolute atomic E-state index is 5.82. The van der Waals surface area contributed by atoms with E-state index in [0.29, 0.717) is 5.92 Å². The van der Waals surface area contributed by atoms with Crippen LogP contribution in [0.1, 0.15) is 18.9 Å². The lowest BCUT2D eigenvalue weighted by atomic mass is 9.68. The molecule has 0 amide bonds. The molecular formula is C11H18N2O. The molecule has 3 nitrogen and oxygen atoms in total. The van der Waals surface area contributed by atoms with Crippen molar-refractivity contribution in [1.82, 2.24) is 4.98 Å². The first kappa shape index (κ1) is 9.74. The summed E-state index contributed by atoms with van der Waals surface area (Å²) in [5, 5.41) is 0. The van der Waals surface area contributed by atoms with E-state index in [-0.39, 0.29) is 5.41 Å². The minimum absolute atomic E-state index is 0.184. The molecule has 14 heavy (non-hydrogen) atoms. The van der Waals surface area contributed by atoms with Gasteiger partial charge in [-0.15, -0.1) is 0 Å².